The van der Waals surface area contributed by atoms with Gasteiger partial charge in [-0.2, -0.15) is 0 Å². The zero-order valence-corrected chi connectivity index (χ0v) is 15.9. The summed E-state index contributed by atoms with van der Waals surface area (Å²) in [4.78, 5) is 32.5. The number of thioether (sulfide) groups is 1. The predicted octanol–water partition coefficient (Wildman–Crippen LogP) is 3.31. The monoisotopic (exact) mass is 377 g/mol. The Morgan fingerprint density at radius 1 is 1.23 bits per heavy atom. The predicted molar refractivity (Wildman–Crippen MR) is 98.0 cm³/mol. The van der Waals surface area contributed by atoms with Crippen molar-refractivity contribution in [2.75, 3.05) is 18.7 Å². The van der Waals surface area contributed by atoms with Crippen LogP contribution in [0.4, 0.5) is 10.1 Å². The maximum absolute atomic E-state index is 13.9. The van der Waals surface area contributed by atoms with Crippen molar-refractivity contribution in [2.24, 2.45) is 0 Å². The van der Waals surface area contributed by atoms with E-state index in [9.17, 15) is 14.0 Å². The SMILES string of the molecule is COC(=O)c1ccc(F)c(NC(=O)CCc2c(C)nc(SC)nc2C)c1. The number of nitrogens with zero attached hydrogens (tertiary/aromatic N) is 2. The summed E-state index contributed by atoms with van der Waals surface area (Å²) in [5, 5.41) is 3.18. The van der Waals surface area contributed by atoms with Crippen LogP contribution in [0, 0.1) is 19.7 Å². The minimum Gasteiger partial charge on any atom is -0.465 e. The Labute approximate surface area is 155 Å². The zero-order valence-electron chi connectivity index (χ0n) is 15.1. The molecule has 0 bridgehead atoms. The van der Waals surface area contributed by atoms with Gasteiger partial charge in [-0.15, -0.1) is 0 Å². The van der Waals surface area contributed by atoms with Crippen molar-refractivity contribution in [2.45, 2.75) is 31.8 Å². The molecule has 1 heterocycles. The summed E-state index contributed by atoms with van der Waals surface area (Å²) in [6, 6.07) is 3.67. The van der Waals surface area contributed by atoms with E-state index in [1.54, 1.807) is 0 Å². The van der Waals surface area contributed by atoms with Crippen LogP contribution in [0.3, 0.4) is 0 Å². The van der Waals surface area contributed by atoms with Gasteiger partial charge in [0.15, 0.2) is 5.16 Å². The van der Waals surface area contributed by atoms with Gasteiger partial charge in [0.05, 0.1) is 18.4 Å². The first kappa shape index (κ1) is 19.8. The average Bonchev–Trinajstić information content (AvgIpc) is 2.61. The molecule has 8 heteroatoms. The molecule has 2 aromatic rings. The fourth-order valence-corrected chi connectivity index (χ4v) is 2.94. The number of amides is 1. The lowest BCUT2D eigenvalue weighted by Crippen LogP contribution is -2.15. The van der Waals surface area contributed by atoms with E-state index in [2.05, 4.69) is 20.0 Å². The molecule has 0 saturated heterocycles. The minimum atomic E-state index is -0.619. The van der Waals surface area contributed by atoms with Gasteiger partial charge in [-0.05, 0) is 50.3 Å². The van der Waals surface area contributed by atoms with E-state index in [4.69, 9.17) is 0 Å². The van der Waals surface area contributed by atoms with Crippen LogP contribution in [0.2, 0.25) is 0 Å². The first-order chi connectivity index (χ1) is 12.3. The van der Waals surface area contributed by atoms with Crippen LogP contribution in [0.15, 0.2) is 23.4 Å². The van der Waals surface area contributed by atoms with E-state index in [0.29, 0.717) is 11.6 Å². The molecule has 0 aliphatic carbocycles. The summed E-state index contributed by atoms with van der Waals surface area (Å²) in [5.74, 6) is -1.58. The van der Waals surface area contributed by atoms with Crippen molar-refractivity contribution in [3.63, 3.8) is 0 Å². The average molecular weight is 377 g/mol. The van der Waals surface area contributed by atoms with Crippen molar-refractivity contribution < 1.29 is 18.7 Å². The number of hydrogen-bond acceptors (Lipinski definition) is 6. The van der Waals surface area contributed by atoms with Crippen LogP contribution in [0.5, 0.6) is 0 Å². The molecule has 1 aromatic carbocycles. The number of halogens is 1. The number of aryl methyl sites for hydroxylation is 2. The number of nitrogens with one attached hydrogen (secondary N) is 1. The molecule has 6 nitrogen and oxygen atoms in total. The van der Waals surface area contributed by atoms with Crippen molar-refractivity contribution in [1.82, 2.24) is 9.97 Å². The lowest BCUT2D eigenvalue weighted by Gasteiger charge is -2.11. The Balaban J connectivity index is 2.07. The number of aromatic nitrogens is 2. The maximum atomic E-state index is 13.9. The summed E-state index contributed by atoms with van der Waals surface area (Å²) in [5.41, 5.74) is 2.67. The van der Waals surface area contributed by atoms with E-state index in [0.717, 1.165) is 23.0 Å². The standard InChI is InChI=1S/C18H20FN3O3S/c1-10-13(11(2)21-18(20-10)26-4)6-8-16(23)22-15-9-12(17(24)25-3)5-7-14(15)19/h5,7,9H,6,8H2,1-4H3,(H,22,23). The van der Waals surface area contributed by atoms with Crippen LogP contribution in [0.1, 0.15) is 33.7 Å². The molecule has 138 valence electrons. The van der Waals surface area contributed by atoms with Crippen molar-refractivity contribution in [3.8, 4) is 0 Å². The molecule has 0 saturated carbocycles. The first-order valence-electron chi connectivity index (χ1n) is 7.91. The Morgan fingerprint density at radius 3 is 2.46 bits per heavy atom. The molecule has 0 radical (unpaired) electrons. The smallest absolute Gasteiger partial charge is 0.337 e. The third kappa shape index (κ3) is 4.78. The maximum Gasteiger partial charge on any atom is 0.337 e. The van der Waals surface area contributed by atoms with Gasteiger partial charge >= 0.3 is 5.97 Å². The van der Waals surface area contributed by atoms with Crippen molar-refractivity contribution in [3.05, 3.63) is 46.5 Å². The van der Waals surface area contributed by atoms with Crippen LogP contribution in [0.25, 0.3) is 0 Å². The van der Waals surface area contributed by atoms with Gasteiger partial charge in [0, 0.05) is 17.8 Å². The van der Waals surface area contributed by atoms with Gasteiger partial charge in [-0.1, -0.05) is 11.8 Å². The van der Waals surface area contributed by atoms with Crippen LogP contribution >= 0.6 is 11.8 Å². The van der Waals surface area contributed by atoms with Gasteiger partial charge in [0.25, 0.3) is 0 Å². The fourth-order valence-electron chi connectivity index (χ4n) is 2.48. The molecule has 2 rings (SSSR count). The summed E-state index contributed by atoms with van der Waals surface area (Å²) in [7, 11) is 1.24. The molecule has 0 aliphatic heterocycles. The van der Waals surface area contributed by atoms with Crippen molar-refractivity contribution >= 4 is 29.3 Å². The second-order valence-electron chi connectivity index (χ2n) is 5.59. The Hall–Kier alpha value is -2.48. The topological polar surface area (TPSA) is 81.2 Å². The Morgan fingerprint density at radius 2 is 1.88 bits per heavy atom. The number of anilines is 1. The number of methoxy groups -OCH3 is 1. The zero-order chi connectivity index (χ0) is 19.3. The highest BCUT2D eigenvalue weighted by atomic mass is 32.2. The van der Waals surface area contributed by atoms with Gasteiger partial charge < -0.3 is 10.1 Å². The summed E-state index contributed by atoms with van der Waals surface area (Å²) in [6.07, 6.45) is 2.49. The van der Waals surface area contributed by atoms with Crippen LogP contribution in [-0.4, -0.2) is 35.2 Å². The Bertz CT molecular complexity index is 819. The number of esters is 1. The number of ether oxygens (including phenoxy) is 1. The summed E-state index contributed by atoms with van der Waals surface area (Å²) in [6.45, 7) is 3.75. The highest BCUT2D eigenvalue weighted by Crippen LogP contribution is 2.19. The minimum absolute atomic E-state index is 0.0553. The van der Waals surface area contributed by atoms with E-state index in [-0.39, 0.29) is 23.6 Å². The number of hydrogen-bond donors (Lipinski definition) is 1. The van der Waals surface area contributed by atoms with Crippen LogP contribution < -0.4 is 5.32 Å². The second kappa shape index (κ2) is 8.75. The molecule has 26 heavy (non-hydrogen) atoms. The molecule has 0 spiro atoms. The molecule has 0 aliphatic rings. The normalized spacial score (nSPS) is 10.5. The highest BCUT2D eigenvalue weighted by Gasteiger charge is 2.14. The molecule has 0 atom stereocenters. The van der Waals surface area contributed by atoms with Gasteiger partial charge in [-0.3, -0.25) is 4.79 Å². The second-order valence-corrected chi connectivity index (χ2v) is 6.37. The molecule has 1 N–H and O–H groups in total. The molecular weight excluding hydrogens is 357 g/mol. The van der Waals surface area contributed by atoms with E-state index >= 15 is 0 Å². The van der Waals surface area contributed by atoms with Gasteiger partial charge in [0.2, 0.25) is 5.91 Å². The third-order valence-corrected chi connectivity index (χ3v) is 4.39. The quantitative estimate of drug-likeness (QED) is 0.473. The lowest BCUT2D eigenvalue weighted by atomic mass is 10.1. The molecule has 0 unspecified atom stereocenters. The van der Waals surface area contributed by atoms with Crippen molar-refractivity contribution in [1.29, 1.82) is 0 Å². The largest absolute Gasteiger partial charge is 0.465 e. The first-order valence-corrected chi connectivity index (χ1v) is 9.14. The number of carbonyl (C=O) groups excluding carboxylic acids is 2. The van der Waals surface area contributed by atoms with E-state index < -0.39 is 11.8 Å². The highest BCUT2D eigenvalue weighted by molar-refractivity contribution is 7.98. The summed E-state index contributed by atoms with van der Waals surface area (Å²) < 4.78 is 18.5. The van der Waals surface area contributed by atoms with Crippen LogP contribution in [-0.2, 0) is 16.0 Å². The molecule has 1 amide bonds. The Kier molecular flexibility index (Phi) is 6.68. The van der Waals surface area contributed by atoms with Gasteiger partial charge in [-0.25, -0.2) is 19.2 Å². The number of carbonyl (C=O) groups is 2. The van der Waals surface area contributed by atoms with E-state index in [1.807, 2.05) is 20.1 Å². The molecular formula is C18H20FN3O3S. The number of rotatable bonds is 6. The summed E-state index contributed by atoms with van der Waals surface area (Å²) >= 11 is 1.46. The number of benzene rings is 1. The van der Waals surface area contributed by atoms with Gasteiger partial charge in [0.1, 0.15) is 5.82 Å². The lowest BCUT2D eigenvalue weighted by molar-refractivity contribution is -0.116. The van der Waals surface area contributed by atoms with E-state index in [1.165, 1.54) is 31.0 Å². The molecule has 0 fully saturated rings. The molecule has 1 aromatic heterocycles. The fraction of sp³-hybridized carbons (Fsp3) is 0.333. The third-order valence-electron chi connectivity index (χ3n) is 3.85.